The number of benzene rings is 2. The average molecular weight is 845 g/mol. The monoisotopic (exact) mass is 844 g/mol. The molecule has 7 N–H and O–H groups in total. The number of anilines is 1. The second-order valence-electron chi connectivity index (χ2n) is 14.9. The lowest BCUT2D eigenvalue weighted by molar-refractivity contribution is -0.272. The Hall–Kier alpha value is -5.50. The summed E-state index contributed by atoms with van der Waals surface area (Å²) in [5, 5.41) is 30.5. The first-order valence-electron chi connectivity index (χ1n) is 19.8. The number of rotatable bonds is 14. The number of nitrogens with one attached hydrogen (secondary N) is 3. The number of aliphatic hydroxyl groups excluding tert-OH is 2. The molecule has 1 fully saturated rings. The van der Waals surface area contributed by atoms with Crippen molar-refractivity contribution in [3.05, 3.63) is 87.7 Å². The number of thiocarbonyl (C=S) groups is 1. The number of carbonyl (C=O) groups is 3. The van der Waals surface area contributed by atoms with E-state index >= 15 is 0 Å². The van der Waals surface area contributed by atoms with Gasteiger partial charge in [0.2, 0.25) is 17.8 Å². The van der Waals surface area contributed by atoms with E-state index in [1.54, 1.807) is 48.7 Å². The number of aliphatic hydroxyl groups is 2. The van der Waals surface area contributed by atoms with Gasteiger partial charge in [0.25, 0.3) is 5.56 Å². The normalized spacial score (nSPS) is 23.4. The van der Waals surface area contributed by atoms with Crippen molar-refractivity contribution >= 4 is 51.8 Å². The van der Waals surface area contributed by atoms with Gasteiger partial charge < -0.3 is 60.1 Å². The van der Waals surface area contributed by atoms with Crippen molar-refractivity contribution in [2.75, 3.05) is 25.5 Å². The molecule has 3 aliphatic rings. The van der Waals surface area contributed by atoms with Crippen LogP contribution in [0.5, 0.6) is 5.75 Å². The molecule has 0 saturated carbocycles. The number of para-hydroxylation sites is 1. The molecule has 1 saturated heterocycles. The predicted molar refractivity (Wildman–Crippen MR) is 222 cm³/mol. The minimum atomic E-state index is -1.94. The zero-order valence-corrected chi connectivity index (χ0v) is 34.2. The molecule has 0 unspecified atom stereocenters. The number of esters is 2. The largest absolute Gasteiger partial charge is 0.462 e. The van der Waals surface area contributed by atoms with Crippen molar-refractivity contribution in [1.82, 2.24) is 20.2 Å². The second kappa shape index (κ2) is 18.0. The van der Waals surface area contributed by atoms with Crippen LogP contribution in [0.4, 0.5) is 5.69 Å². The summed E-state index contributed by atoms with van der Waals surface area (Å²) in [5.41, 5.74) is 7.08. The lowest BCUT2D eigenvalue weighted by atomic mass is 9.85. The van der Waals surface area contributed by atoms with Crippen molar-refractivity contribution in [3.8, 4) is 17.1 Å². The van der Waals surface area contributed by atoms with Gasteiger partial charge in [0.15, 0.2) is 5.11 Å². The van der Waals surface area contributed by atoms with Gasteiger partial charge in [-0.15, -0.1) is 0 Å². The highest BCUT2D eigenvalue weighted by atomic mass is 32.1. The Balaban J connectivity index is 1.00. The number of pyridine rings is 2. The van der Waals surface area contributed by atoms with Gasteiger partial charge in [-0.25, -0.2) is 9.78 Å². The fraction of sp³-hybridized carbons (Fsp3) is 0.429. The summed E-state index contributed by atoms with van der Waals surface area (Å²) >= 11 is 5.53. The molecule has 0 aliphatic carbocycles. The van der Waals surface area contributed by atoms with Crippen LogP contribution in [0.1, 0.15) is 56.2 Å². The average Bonchev–Trinajstić information content (AvgIpc) is 3.60. The molecule has 7 atom stereocenters. The molecular formula is C42H48N6O11S. The number of fused-ring (bicyclic) bond motifs is 5. The standard InChI is InChI=1S/C42H48N6O11S/c1-4-42(28-18-31-33-24(17-23-9-5-6-10-29(23)46-33)20-48(31)38(53)27(28)21-56-40(42)54)59-32(49)19-44-37(52)30(11-7-8-16-43)47-41(60)45-25-12-14-26(15-13-25)58-39-35(51)36(55-3)34(50)22(2)57-39/h5-6,9-10,12-15,17-18,22,30,34-36,39,50-51H,4,7-8,11,16,19-21,43H2,1-3H3,(H,44,52)(H2,45,47,60)/t22-,30-,34+,35-,36+,39+,42-/m0/s1. The lowest BCUT2D eigenvalue weighted by Crippen LogP contribution is -2.59. The minimum Gasteiger partial charge on any atom is -0.462 e. The van der Waals surface area contributed by atoms with Gasteiger partial charge in [0.05, 0.1) is 35.1 Å². The van der Waals surface area contributed by atoms with Gasteiger partial charge in [-0.3, -0.25) is 14.4 Å². The second-order valence-corrected chi connectivity index (χ2v) is 15.3. The molecule has 0 spiro atoms. The summed E-state index contributed by atoms with van der Waals surface area (Å²) < 4.78 is 29.6. The van der Waals surface area contributed by atoms with Crippen LogP contribution < -0.4 is 32.0 Å². The zero-order chi connectivity index (χ0) is 42.7. The van der Waals surface area contributed by atoms with Crippen LogP contribution in [0.3, 0.4) is 0 Å². The van der Waals surface area contributed by atoms with Gasteiger partial charge in [0.1, 0.15) is 43.3 Å². The Labute approximate surface area is 350 Å². The molecule has 18 heteroatoms. The van der Waals surface area contributed by atoms with E-state index in [0.29, 0.717) is 55.2 Å². The highest BCUT2D eigenvalue weighted by molar-refractivity contribution is 7.80. The Morgan fingerprint density at radius 1 is 1.10 bits per heavy atom. The Kier molecular flexibility index (Phi) is 12.8. The molecule has 60 heavy (non-hydrogen) atoms. The fourth-order valence-corrected chi connectivity index (χ4v) is 8.07. The quantitative estimate of drug-likeness (QED) is 0.0534. The highest BCUT2D eigenvalue weighted by Gasteiger charge is 2.50. The maximum absolute atomic E-state index is 13.9. The van der Waals surface area contributed by atoms with Crippen LogP contribution in [-0.4, -0.2) is 99.7 Å². The third-order valence-electron chi connectivity index (χ3n) is 11.1. The van der Waals surface area contributed by atoms with E-state index in [4.69, 9.17) is 46.6 Å². The highest BCUT2D eigenvalue weighted by Crippen LogP contribution is 2.41. The van der Waals surface area contributed by atoms with E-state index in [0.717, 1.165) is 16.5 Å². The Morgan fingerprint density at radius 3 is 2.60 bits per heavy atom. The molecular weight excluding hydrogens is 797 g/mol. The van der Waals surface area contributed by atoms with Crippen molar-refractivity contribution in [1.29, 1.82) is 0 Å². The fourth-order valence-electron chi connectivity index (χ4n) is 7.81. The Bertz CT molecular complexity index is 2340. The number of hydrogen-bond donors (Lipinski definition) is 6. The summed E-state index contributed by atoms with van der Waals surface area (Å²) in [7, 11) is 1.38. The van der Waals surface area contributed by atoms with Crippen LogP contribution >= 0.6 is 12.2 Å². The molecule has 4 aromatic rings. The smallest absolute Gasteiger partial charge is 0.355 e. The topological polar surface area (TPSA) is 235 Å². The van der Waals surface area contributed by atoms with Gasteiger partial charge in [-0.1, -0.05) is 25.1 Å². The van der Waals surface area contributed by atoms with E-state index in [2.05, 4.69) is 16.0 Å². The molecule has 17 nitrogen and oxygen atoms in total. The lowest BCUT2D eigenvalue weighted by Gasteiger charge is -2.40. The van der Waals surface area contributed by atoms with Gasteiger partial charge in [-0.2, -0.15) is 0 Å². The molecule has 318 valence electrons. The number of ether oxygens (including phenoxy) is 5. The van der Waals surface area contributed by atoms with Gasteiger partial charge in [0, 0.05) is 29.3 Å². The summed E-state index contributed by atoms with van der Waals surface area (Å²) in [6, 6.07) is 17.0. The number of nitrogens with two attached hydrogens (primary N) is 1. The summed E-state index contributed by atoms with van der Waals surface area (Å²) in [6.45, 7) is 3.13. The van der Waals surface area contributed by atoms with Crippen molar-refractivity contribution in [2.45, 2.75) is 95.0 Å². The first-order chi connectivity index (χ1) is 28.9. The first kappa shape index (κ1) is 42.6. The SMILES string of the molecule is CC[C@@]1(OC(=O)CNC(=O)[C@H](CCCCN)NC(=S)Nc2ccc(O[C@H]3O[C@@H](C)[C@@H](O)[C@@H](OC)[C@@H]3O)cc2)C(=O)OCc2c1cc1n(c2=O)Cc2cc3ccccc3nc2-1. The molecule has 0 radical (unpaired) electrons. The summed E-state index contributed by atoms with van der Waals surface area (Å²) in [6.07, 6.45) is -3.38. The molecule has 7 rings (SSSR count). The number of unbranched alkanes of at least 4 members (excludes halogenated alkanes) is 1. The molecule has 5 heterocycles. The number of methoxy groups -OCH3 is 1. The van der Waals surface area contributed by atoms with E-state index in [9.17, 15) is 29.4 Å². The van der Waals surface area contributed by atoms with Gasteiger partial charge in [-0.05, 0) is 93.8 Å². The predicted octanol–water partition coefficient (Wildman–Crippen LogP) is 2.09. The zero-order valence-electron chi connectivity index (χ0n) is 33.3. The Morgan fingerprint density at radius 2 is 1.87 bits per heavy atom. The number of aromatic nitrogens is 2. The van der Waals surface area contributed by atoms with E-state index < -0.39 is 66.7 Å². The summed E-state index contributed by atoms with van der Waals surface area (Å²) in [4.78, 5) is 59.3. The van der Waals surface area contributed by atoms with Crippen molar-refractivity contribution in [2.24, 2.45) is 5.73 Å². The minimum absolute atomic E-state index is 0.0380. The molecule has 2 aromatic carbocycles. The number of amides is 1. The van der Waals surface area contributed by atoms with E-state index in [1.807, 2.05) is 30.3 Å². The first-order valence-corrected chi connectivity index (χ1v) is 20.2. The maximum Gasteiger partial charge on any atom is 0.355 e. The molecule has 1 amide bonds. The van der Waals surface area contributed by atoms with Crippen molar-refractivity contribution < 1.29 is 48.3 Å². The van der Waals surface area contributed by atoms with Crippen LogP contribution in [0.2, 0.25) is 0 Å². The molecule has 2 aromatic heterocycles. The number of cyclic esters (lactones) is 1. The molecule has 3 aliphatic heterocycles. The van der Waals surface area contributed by atoms with E-state index in [-0.39, 0.29) is 34.8 Å². The third kappa shape index (κ3) is 8.43. The molecule has 0 bridgehead atoms. The van der Waals surface area contributed by atoms with Crippen LogP contribution in [-0.2, 0) is 52.1 Å². The van der Waals surface area contributed by atoms with Gasteiger partial charge >= 0.3 is 11.9 Å². The van der Waals surface area contributed by atoms with Crippen LogP contribution in [0.15, 0.2) is 65.5 Å². The maximum atomic E-state index is 13.9. The number of nitrogens with zero attached hydrogens (tertiary/aromatic N) is 2. The summed E-state index contributed by atoms with van der Waals surface area (Å²) in [5.74, 6) is -1.93. The van der Waals surface area contributed by atoms with Crippen LogP contribution in [0.25, 0.3) is 22.3 Å². The number of carbonyl (C=O) groups excluding carboxylic acids is 3. The number of hydrogen-bond acceptors (Lipinski definition) is 14. The van der Waals surface area contributed by atoms with E-state index in [1.165, 1.54) is 7.11 Å². The van der Waals surface area contributed by atoms with Crippen molar-refractivity contribution in [3.63, 3.8) is 0 Å². The third-order valence-corrected chi connectivity index (χ3v) is 11.3. The van der Waals surface area contributed by atoms with Crippen LogP contribution in [0, 0.1) is 0 Å².